The Labute approximate surface area is 123 Å². The van der Waals surface area contributed by atoms with Gasteiger partial charge in [-0.2, -0.15) is 0 Å². The van der Waals surface area contributed by atoms with E-state index >= 15 is 0 Å². The van der Waals surface area contributed by atoms with Gasteiger partial charge in [-0.15, -0.1) is 0 Å². The molecule has 1 unspecified atom stereocenters. The highest BCUT2D eigenvalue weighted by atomic mass is 15.1. The lowest BCUT2D eigenvalue weighted by atomic mass is 9.95. The summed E-state index contributed by atoms with van der Waals surface area (Å²) in [6, 6.07) is 11.4. The third-order valence-electron chi connectivity index (χ3n) is 4.15. The highest BCUT2D eigenvalue weighted by Crippen LogP contribution is 2.20. The van der Waals surface area contributed by atoms with Crippen molar-refractivity contribution in [3.05, 3.63) is 47.7 Å². The van der Waals surface area contributed by atoms with E-state index in [0.29, 0.717) is 12.0 Å². The molecular formula is C18H27N2+. The molecular weight excluding hydrogens is 244 g/mol. The fourth-order valence-electron chi connectivity index (χ4n) is 2.79. The van der Waals surface area contributed by atoms with Gasteiger partial charge in [-0.05, 0) is 5.56 Å². The molecule has 1 aromatic carbocycles. The molecule has 1 aliphatic rings. The minimum absolute atomic E-state index is 0.612. The van der Waals surface area contributed by atoms with Crippen LogP contribution in [0.25, 0.3) is 0 Å². The molecule has 1 atom stereocenters. The summed E-state index contributed by atoms with van der Waals surface area (Å²) in [6.45, 7) is 5.75. The summed E-state index contributed by atoms with van der Waals surface area (Å²) in [6.07, 6.45) is 6.82. The Kier molecular flexibility index (Phi) is 4.99. The molecule has 1 aliphatic heterocycles. The lowest BCUT2D eigenvalue weighted by Crippen LogP contribution is -2.37. The van der Waals surface area contributed by atoms with E-state index in [9.17, 15) is 0 Å². The van der Waals surface area contributed by atoms with Crippen LogP contribution in [0, 0.1) is 5.92 Å². The Balaban J connectivity index is 2.07. The lowest BCUT2D eigenvalue weighted by Gasteiger charge is -2.27. The number of hydrogen-bond acceptors (Lipinski definition) is 1. The zero-order chi connectivity index (χ0) is 14.5. The van der Waals surface area contributed by atoms with Crippen molar-refractivity contribution in [1.29, 1.82) is 0 Å². The van der Waals surface area contributed by atoms with E-state index in [1.54, 1.807) is 0 Å². The SMILES string of the molecule is CC(C)C1CC(N(C)C)=CC=[N+]1CCc1ccccc1. The van der Waals surface area contributed by atoms with E-state index in [-0.39, 0.29) is 0 Å². The smallest absolute Gasteiger partial charge is 0.165 e. The van der Waals surface area contributed by atoms with Crippen LogP contribution in [0.2, 0.25) is 0 Å². The number of hydrogen-bond donors (Lipinski definition) is 0. The van der Waals surface area contributed by atoms with Crippen molar-refractivity contribution in [2.24, 2.45) is 5.92 Å². The quantitative estimate of drug-likeness (QED) is 0.746. The normalized spacial score (nSPS) is 18.8. The molecule has 0 spiro atoms. The van der Waals surface area contributed by atoms with Gasteiger partial charge in [-0.3, -0.25) is 0 Å². The number of allylic oxidation sites excluding steroid dienone is 1. The molecule has 2 rings (SSSR count). The lowest BCUT2D eigenvalue weighted by molar-refractivity contribution is -0.569. The monoisotopic (exact) mass is 271 g/mol. The van der Waals surface area contributed by atoms with Crippen molar-refractivity contribution in [3.63, 3.8) is 0 Å². The fourth-order valence-corrected chi connectivity index (χ4v) is 2.79. The molecule has 0 N–H and O–H groups in total. The van der Waals surface area contributed by atoms with Gasteiger partial charge in [0.05, 0.1) is 0 Å². The second-order valence-corrected chi connectivity index (χ2v) is 6.19. The molecule has 20 heavy (non-hydrogen) atoms. The van der Waals surface area contributed by atoms with Gasteiger partial charge in [-0.1, -0.05) is 44.2 Å². The Morgan fingerprint density at radius 2 is 1.90 bits per heavy atom. The van der Waals surface area contributed by atoms with E-state index in [0.717, 1.165) is 19.4 Å². The van der Waals surface area contributed by atoms with Crippen molar-refractivity contribution in [3.8, 4) is 0 Å². The Morgan fingerprint density at radius 1 is 1.20 bits per heavy atom. The van der Waals surface area contributed by atoms with Crippen molar-refractivity contribution in [2.45, 2.75) is 32.7 Å². The summed E-state index contributed by atoms with van der Waals surface area (Å²) in [7, 11) is 4.27. The molecule has 0 fully saturated rings. The van der Waals surface area contributed by atoms with Crippen molar-refractivity contribution < 1.29 is 4.58 Å². The molecule has 1 aromatic rings. The first-order chi connectivity index (χ1) is 9.58. The van der Waals surface area contributed by atoms with Gasteiger partial charge in [0.1, 0.15) is 6.54 Å². The average Bonchev–Trinajstić information content (AvgIpc) is 2.45. The van der Waals surface area contributed by atoms with E-state index in [1.165, 1.54) is 11.3 Å². The Morgan fingerprint density at radius 3 is 2.50 bits per heavy atom. The largest absolute Gasteiger partial charge is 0.381 e. The highest BCUT2D eigenvalue weighted by molar-refractivity contribution is 5.68. The van der Waals surface area contributed by atoms with E-state index < -0.39 is 0 Å². The van der Waals surface area contributed by atoms with Gasteiger partial charge in [0, 0.05) is 44.6 Å². The molecule has 108 valence electrons. The van der Waals surface area contributed by atoms with Crippen LogP contribution >= 0.6 is 0 Å². The first-order valence-corrected chi connectivity index (χ1v) is 7.59. The van der Waals surface area contributed by atoms with Crippen LogP contribution in [-0.4, -0.2) is 42.4 Å². The first-order valence-electron chi connectivity index (χ1n) is 7.59. The van der Waals surface area contributed by atoms with Gasteiger partial charge < -0.3 is 4.90 Å². The summed E-state index contributed by atoms with van der Waals surface area (Å²) >= 11 is 0. The van der Waals surface area contributed by atoms with Crippen molar-refractivity contribution in [2.75, 3.05) is 20.6 Å². The van der Waals surface area contributed by atoms with Gasteiger partial charge in [0.2, 0.25) is 0 Å². The Bertz CT molecular complexity index is 483. The topological polar surface area (TPSA) is 6.25 Å². The molecule has 0 radical (unpaired) electrons. The van der Waals surface area contributed by atoms with E-state index in [2.05, 4.69) is 80.0 Å². The van der Waals surface area contributed by atoms with Crippen molar-refractivity contribution >= 4 is 6.21 Å². The minimum Gasteiger partial charge on any atom is -0.381 e. The number of nitrogens with zero attached hydrogens (tertiary/aromatic N) is 2. The van der Waals surface area contributed by atoms with Gasteiger partial charge >= 0.3 is 0 Å². The second-order valence-electron chi connectivity index (χ2n) is 6.19. The molecule has 0 saturated heterocycles. The highest BCUT2D eigenvalue weighted by Gasteiger charge is 2.28. The second kappa shape index (κ2) is 6.74. The fraction of sp³-hybridized carbons (Fsp3) is 0.500. The maximum atomic E-state index is 2.52. The average molecular weight is 271 g/mol. The van der Waals surface area contributed by atoms with E-state index in [4.69, 9.17) is 0 Å². The summed E-state index contributed by atoms with van der Waals surface area (Å²) in [4.78, 5) is 2.24. The molecule has 0 amide bonds. The molecule has 0 aromatic heterocycles. The number of rotatable bonds is 5. The zero-order valence-electron chi connectivity index (χ0n) is 13.2. The van der Waals surface area contributed by atoms with Gasteiger partial charge in [0.25, 0.3) is 0 Å². The summed E-state index contributed by atoms with van der Waals surface area (Å²) in [5.74, 6) is 0.672. The number of benzene rings is 1. The van der Waals surface area contributed by atoms with Crippen LogP contribution in [0.15, 0.2) is 42.1 Å². The van der Waals surface area contributed by atoms with Crippen LogP contribution in [-0.2, 0) is 6.42 Å². The predicted octanol–water partition coefficient (Wildman–Crippen LogP) is 3.19. The van der Waals surface area contributed by atoms with E-state index in [1.807, 2.05) is 0 Å². The minimum atomic E-state index is 0.612. The third-order valence-corrected chi connectivity index (χ3v) is 4.15. The third kappa shape index (κ3) is 3.72. The summed E-state index contributed by atoms with van der Waals surface area (Å²) in [5, 5.41) is 0. The molecule has 2 heteroatoms. The molecule has 0 aliphatic carbocycles. The molecule has 1 heterocycles. The first kappa shape index (κ1) is 14.8. The molecule has 0 bridgehead atoms. The predicted molar refractivity (Wildman–Crippen MR) is 86.4 cm³/mol. The van der Waals surface area contributed by atoms with Crippen LogP contribution < -0.4 is 0 Å². The van der Waals surface area contributed by atoms with Gasteiger partial charge in [-0.25, -0.2) is 4.58 Å². The standard InChI is InChI=1S/C18H27N2/c1-15(2)18-14-17(19(3)4)11-13-20(18)12-10-16-8-6-5-7-9-16/h5-9,11,13,15,18H,10,12,14H2,1-4H3/q+1. The summed E-state index contributed by atoms with van der Waals surface area (Å²) in [5.41, 5.74) is 2.85. The Hall–Kier alpha value is -1.57. The van der Waals surface area contributed by atoms with Crippen molar-refractivity contribution in [1.82, 2.24) is 4.90 Å². The van der Waals surface area contributed by atoms with Gasteiger partial charge in [0.15, 0.2) is 12.3 Å². The van der Waals surface area contributed by atoms with Crippen LogP contribution in [0.5, 0.6) is 0 Å². The van der Waals surface area contributed by atoms with Crippen LogP contribution in [0.1, 0.15) is 25.8 Å². The van der Waals surface area contributed by atoms with Crippen LogP contribution in [0.3, 0.4) is 0 Å². The molecule has 0 saturated carbocycles. The summed E-state index contributed by atoms with van der Waals surface area (Å²) < 4.78 is 2.52. The molecule has 2 nitrogen and oxygen atoms in total. The maximum absolute atomic E-state index is 2.52. The van der Waals surface area contributed by atoms with Crippen LogP contribution in [0.4, 0.5) is 0 Å². The zero-order valence-corrected chi connectivity index (χ0v) is 13.2. The maximum Gasteiger partial charge on any atom is 0.165 e.